The van der Waals surface area contributed by atoms with Crippen molar-refractivity contribution in [1.82, 2.24) is 4.90 Å². The molecule has 31 heavy (non-hydrogen) atoms. The minimum atomic E-state index is -1.40. The minimum absolute atomic E-state index is 0.115. The van der Waals surface area contributed by atoms with Gasteiger partial charge in [-0.15, -0.1) is 0 Å². The van der Waals surface area contributed by atoms with E-state index in [0.717, 1.165) is 22.6 Å². The lowest BCUT2D eigenvalue weighted by Gasteiger charge is -2.13. The summed E-state index contributed by atoms with van der Waals surface area (Å²) in [5.74, 6) is -3.62. The van der Waals surface area contributed by atoms with E-state index in [1.807, 2.05) is 18.2 Å². The van der Waals surface area contributed by atoms with Crippen LogP contribution in [0.25, 0.3) is 0 Å². The molecule has 0 radical (unpaired) electrons. The molecule has 1 aliphatic heterocycles. The highest BCUT2D eigenvalue weighted by atomic mass is 16.4. The van der Waals surface area contributed by atoms with Gasteiger partial charge in [0.25, 0.3) is 17.7 Å². The maximum absolute atomic E-state index is 12.8. The number of nitrogens with one attached hydrogen (secondary N) is 1. The normalized spacial score (nSPS) is 12.6. The molecule has 0 saturated carbocycles. The van der Waals surface area contributed by atoms with E-state index in [0.29, 0.717) is 0 Å². The van der Waals surface area contributed by atoms with Gasteiger partial charge in [0.15, 0.2) is 0 Å². The van der Waals surface area contributed by atoms with Crippen molar-refractivity contribution in [3.63, 3.8) is 0 Å². The molecule has 8 nitrogen and oxygen atoms in total. The van der Waals surface area contributed by atoms with Crippen LogP contribution in [0, 0.1) is 0 Å². The Hall–Kier alpha value is -4.46. The fraction of sp³-hybridized carbons (Fsp3) is 0.0435. The van der Waals surface area contributed by atoms with Gasteiger partial charge in [0.05, 0.1) is 23.2 Å². The number of carboxylic acids is 1. The largest absolute Gasteiger partial charge is 0.872 e. The second-order valence-corrected chi connectivity index (χ2v) is 6.91. The molecule has 154 valence electrons. The Bertz CT molecular complexity index is 1240. The lowest BCUT2D eigenvalue weighted by atomic mass is 10.1. The third-order valence-corrected chi connectivity index (χ3v) is 4.88. The minimum Gasteiger partial charge on any atom is -0.872 e. The zero-order valence-corrected chi connectivity index (χ0v) is 16.0. The fourth-order valence-electron chi connectivity index (χ4n) is 3.32. The SMILES string of the molecule is O=C(Nc1ccc([O-])c(C(=O)O)c1)c1ccc2c(c1)C(=O)N(Cc1ccccc1)C2=O. The van der Waals surface area contributed by atoms with Gasteiger partial charge < -0.3 is 15.5 Å². The van der Waals surface area contributed by atoms with Crippen molar-refractivity contribution < 1.29 is 29.4 Å². The van der Waals surface area contributed by atoms with Crippen LogP contribution in [0.4, 0.5) is 5.69 Å². The quantitative estimate of drug-likeness (QED) is 0.617. The first kappa shape index (κ1) is 19.8. The maximum Gasteiger partial charge on any atom is 0.335 e. The topological polar surface area (TPSA) is 127 Å². The van der Waals surface area contributed by atoms with E-state index < -0.39 is 35.0 Å². The number of hydrogen-bond acceptors (Lipinski definition) is 5. The Morgan fingerprint density at radius 3 is 2.32 bits per heavy atom. The molecule has 1 heterocycles. The molecular formula is C23H15N2O6-. The molecule has 0 atom stereocenters. The summed E-state index contributed by atoms with van der Waals surface area (Å²) >= 11 is 0. The number of carboxylic acid groups (broad SMARTS) is 1. The fourth-order valence-corrected chi connectivity index (χ4v) is 3.32. The van der Waals surface area contributed by atoms with Crippen LogP contribution in [0.15, 0.2) is 66.7 Å². The van der Waals surface area contributed by atoms with Gasteiger partial charge in [-0.3, -0.25) is 19.3 Å². The zero-order chi connectivity index (χ0) is 22.1. The molecule has 3 amide bonds. The molecule has 1 aliphatic rings. The Balaban J connectivity index is 1.56. The highest BCUT2D eigenvalue weighted by Crippen LogP contribution is 2.26. The second kappa shape index (κ2) is 7.75. The van der Waals surface area contributed by atoms with Gasteiger partial charge in [-0.2, -0.15) is 0 Å². The van der Waals surface area contributed by atoms with E-state index in [-0.39, 0.29) is 28.9 Å². The Morgan fingerprint density at radius 2 is 1.61 bits per heavy atom. The molecule has 0 aromatic heterocycles. The number of imide groups is 1. The third kappa shape index (κ3) is 3.74. The van der Waals surface area contributed by atoms with Gasteiger partial charge in [-0.1, -0.05) is 42.1 Å². The van der Waals surface area contributed by atoms with Crippen molar-refractivity contribution in [2.45, 2.75) is 6.54 Å². The second-order valence-electron chi connectivity index (χ2n) is 6.91. The van der Waals surface area contributed by atoms with Crippen LogP contribution in [-0.4, -0.2) is 33.7 Å². The summed E-state index contributed by atoms with van der Waals surface area (Å²) < 4.78 is 0. The number of fused-ring (bicyclic) bond motifs is 1. The average Bonchev–Trinajstić information content (AvgIpc) is 3.00. The van der Waals surface area contributed by atoms with Crippen LogP contribution in [0.3, 0.4) is 0 Å². The van der Waals surface area contributed by atoms with Crippen LogP contribution in [-0.2, 0) is 6.54 Å². The van der Waals surface area contributed by atoms with Gasteiger partial charge in [-0.25, -0.2) is 4.79 Å². The first-order valence-corrected chi connectivity index (χ1v) is 9.25. The lowest BCUT2D eigenvalue weighted by molar-refractivity contribution is -0.268. The van der Waals surface area contributed by atoms with Crippen LogP contribution in [0.1, 0.15) is 47.0 Å². The summed E-state index contributed by atoms with van der Waals surface area (Å²) in [6.45, 7) is 0.119. The van der Waals surface area contributed by atoms with Crippen LogP contribution >= 0.6 is 0 Å². The Morgan fingerprint density at radius 1 is 0.903 bits per heavy atom. The molecule has 0 fully saturated rings. The third-order valence-electron chi connectivity index (χ3n) is 4.88. The van der Waals surface area contributed by atoms with E-state index in [2.05, 4.69) is 5.32 Å². The Labute approximate surface area is 176 Å². The first-order chi connectivity index (χ1) is 14.8. The smallest absolute Gasteiger partial charge is 0.335 e. The summed E-state index contributed by atoms with van der Waals surface area (Å²) in [7, 11) is 0. The van der Waals surface area contributed by atoms with Crippen molar-refractivity contribution in [2.24, 2.45) is 0 Å². The van der Waals surface area contributed by atoms with Crippen molar-refractivity contribution in [3.05, 3.63) is 94.5 Å². The predicted octanol–water partition coefficient (Wildman–Crippen LogP) is 2.51. The molecule has 0 bridgehead atoms. The van der Waals surface area contributed by atoms with Crippen LogP contribution in [0.2, 0.25) is 0 Å². The number of carbonyl (C=O) groups excluding carboxylic acids is 3. The molecule has 3 aromatic rings. The molecule has 0 saturated heterocycles. The molecule has 0 aliphatic carbocycles. The summed E-state index contributed by atoms with van der Waals surface area (Å²) in [4.78, 5) is 50.2. The van der Waals surface area contributed by atoms with Crippen molar-refractivity contribution in [2.75, 3.05) is 5.32 Å². The summed E-state index contributed by atoms with van der Waals surface area (Å²) in [6, 6.07) is 16.6. The van der Waals surface area contributed by atoms with Crippen LogP contribution in [0.5, 0.6) is 5.75 Å². The molecule has 2 N–H and O–H groups in total. The van der Waals surface area contributed by atoms with Gasteiger partial charge in [0, 0.05) is 11.3 Å². The standard InChI is InChI=1S/C23H16N2O6/c26-19-9-7-15(11-18(19)23(30)31)24-20(27)14-6-8-16-17(10-14)22(29)25(21(16)28)12-13-4-2-1-3-5-13/h1-11,26H,12H2,(H,24,27)(H,30,31)/p-1. The molecular weight excluding hydrogens is 400 g/mol. The van der Waals surface area contributed by atoms with Gasteiger partial charge in [0.2, 0.25) is 0 Å². The van der Waals surface area contributed by atoms with E-state index in [1.54, 1.807) is 12.1 Å². The van der Waals surface area contributed by atoms with E-state index in [4.69, 9.17) is 5.11 Å². The number of anilines is 1. The van der Waals surface area contributed by atoms with Gasteiger partial charge >= 0.3 is 5.97 Å². The van der Waals surface area contributed by atoms with Crippen LogP contribution < -0.4 is 10.4 Å². The molecule has 0 unspecified atom stereocenters. The summed E-state index contributed by atoms with van der Waals surface area (Å²) in [5.41, 5.74) is 0.895. The van der Waals surface area contributed by atoms with Gasteiger partial charge in [0.1, 0.15) is 0 Å². The Kier molecular flexibility index (Phi) is 4.96. The zero-order valence-electron chi connectivity index (χ0n) is 16.0. The number of carbonyl (C=O) groups is 4. The number of amides is 3. The molecule has 0 spiro atoms. The summed E-state index contributed by atoms with van der Waals surface area (Å²) in [5, 5.41) is 23.1. The number of benzene rings is 3. The maximum atomic E-state index is 12.8. The van der Waals surface area contributed by atoms with Crippen molar-refractivity contribution in [1.29, 1.82) is 0 Å². The highest BCUT2D eigenvalue weighted by Gasteiger charge is 2.36. The highest BCUT2D eigenvalue weighted by molar-refractivity contribution is 6.22. The van der Waals surface area contributed by atoms with E-state index in [1.165, 1.54) is 24.3 Å². The monoisotopic (exact) mass is 415 g/mol. The van der Waals surface area contributed by atoms with Crippen molar-refractivity contribution in [3.8, 4) is 5.75 Å². The lowest BCUT2D eigenvalue weighted by Crippen LogP contribution is -2.29. The van der Waals surface area contributed by atoms with Crippen molar-refractivity contribution >= 4 is 29.4 Å². The molecule has 8 heteroatoms. The average molecular weight is 415 g/mol. The number of rotatable bonds is 5. The summed E-state index contributed by atoms with van der Waals surface area (Å²) in [6.07, 6.45) is 0. The molecule has 4 rings (SSSR count). The predicted molar refractivity (Wildman–Crippen MR) is 108 cm³/mol. The number of hydrogen-bond donors (Lipinski definition) is 2. The van der Waals surface area contributed by atoms with E-state index >= 15 is 0 Å². The first-order valence-electron chi connectivity index (χ1n) is 9.25. The molecule has 3 aromatic carbocycles. The van der Waals surface area contributed by atoms with E-state index in [9.17, 15) is 24.3 Å². The number of aromatic carboxylic acids is 1. The van der Waals surface area contributed by atoms with Gasteiger partial charge in [-0.05, 0) is 35.9 Å². The number of nitrogens with zero attached hydrogens (tertiary/aromatic N) is 1.